The number of aryl methyl sites for hydroxylation is 1. The molecule has 1 amide bonds. The molecule has 0 saturated carbocycles. The van der Waals surface area contributed by atoms with Crippen molar-refractivity contribution in [3.05, 3.63) is 131 Å². The molecule has 0 aliphatic rings. The minimum atomic E-state index is -0.0975. The summed E-state index contributed by atoms with van der Waals surface area (Å²) in [6.07, 6.45) is 5.07. The molecule has 3 aromatic carbocycles. The number of aromatic nitrogens is 2. The Balaban J connectivity index is 1.44. The largest absolute Gasteiger partial charge is 0.494 e. The van der Waals surface area contributed by atoms with Crippen molar-refractivity contribution in [1.82, 2.24) is 14.9 Å². The second-order valence-electron chi connectivity index (χ2n) is 9.89. The molecular formula is C34H35N3O2. The van der Waals surface area contributed by atoms with E-state index in [2.05, 4.69) is 88.7 Å². The monoisotopic (exact) mass is 517 g/mol. The average molecular weight is 518 g/mol. The highest BCUT2D eigenvalue weighted by atomic mass is 16.5. The number of pyridine rings is 1. The van der Waals surface area contributed by atoms with Crippen LogP contribution in [0.3, 0.4) is 0 Å². The Morgan fingerprint density at radius 2 is 1.72 bits per heavy atom. The van der Waals surface area contributed by atoms with Crippen LogP contribution in [-0.2, 0) is 17.8 Å². The highest BCUT2D eigenvalue weighted by molar-refractivity contribution is 5.86. The Labute approximate surface area is 230 Å². The summed E-state index contributed by atoms with van der Waals surface area (Å²) in [5, 5.41) is 4.29. The van der Waals surface area contributed by atoms with E-state index in [1.165, 1.54) is 22.0 Å². The Morgan fingerprint density at radius 1 is 0.949 bits per heavy atom. The molecule has 0 radical (unpaired) electrons. The molecule has 0 aliphatic carbocycles. The van der Waals surface area contributed by atoms with E-state index >= 15 is 0 Å². The van der Waals surface area contributed by atoms with Crippen LogP contribution in [-0.4, -0.2) is 28.6 Å². The van der Waals surface area contributed by atoms with Gasteiger partial charge in [0.2, 0.25) is 5.91 Å². The molecule has 0 bridgehead atoms. The molecular weight excluding hydrogens is 482 g/mol. The van der Waals surface area contributed by atoms with Gasteiger partial charge >= 0.3 is 0 Å². The van der Waals surface area contributed by atoms with Gasteiger partial charge in [0.25, 0.3) is 0 Å². The molecule has 198 valence electrons. The van der Waals surface area contributed by atoms with E-state index in [1.54, 1.807) is 6.20 Å². The van der Waals surface area contributed by atoms with Crippen molar-refractivity contribution in [2.75, 3.05) is 13.2 Å². The van der Waals surface area contributed by atoms with Gasteiger partial charge in [-0.3, -0.25) is 9.78 Å². The van der Waals surface area contributed by atoms with Gasteiger partial charge in [0.05, 0.1) is 6.61 Å². The Bertz CT molecular complexity index is 1510. The highest BCUT2D eigenvalue weighted by Crippen LogP contribution is 2.36. The van der Waals surface area contributed by atoms with Crippen LogP contribution in [0.25, 0.3) is 10.9 Å². The Morgan fingerprint density at radius 3 is 2.46 bits per heavy atom. The smallest absolute Gasteiger partial charge is 0.220 e. The van der Waals surface area contributed by atoms with Crippen LogP contribution >= 0.6 is 0 Å². The zero-order valence-electron chi connectivity index (χ0n) is 22.6. The molecule has 0 aliphatic heterocycles. The van der Waals surface area contributed by atoms with E-state index in [-0.39, 0.29) is 11.8 Å². The number of nitrogens with zero attached hydrogens (tertiary/aromatic N) is 2. The van der Waals surface area contributed by atoms with Crippen LogP contribution in [0.4, 0.5) is 0 Å². The minimum Gasteiger partial charge on any atom is -0.494 e. The molecule has 1 unspecified atom stereocenters. The molecule has 2 aromatic heterocycles. The summed E-state index contributed by atoms with van der Waals surface area (Å²) in [5.41, 5.74) is 6.89. The summed E-state index contributed by atoms with van der Waals surface area (Å²) in [6.45, 7) is 6.03. The molecule has 5 rings (SSSR count). The molecule has 5 nitrogen and oxygen atoms in total. The number of para-hydroxylation sites is 1. The van der Waals surface area contributed by atoms with Gasteiger partial charge in [-0.2, -0.15) is 0 Å². The van der Waals surface area contributed by atoms with Gasteiger partial charge in [0.1, 0.15) is 5.75 Å². The van der Waals surface area contributed by atoms with Crippen LogP contribution in [0, 0.1) is 6.92 Å². The first-order valence-corrected chi connectivity index (χ1v) is 13.6. The van der Waals surface area contributed by atoms with Crippen molar-refractivity contribution in [3.8, 4) is 5.75 Å². The molecule has 5 aromatic rings. The van der Waals surface area contributed by atoms with Crippen molar-refractivity contribution in [3.63, 3.8) is 0 Å². The minimum absolute atomic E-state index is 0.0279. The van der Waals surface area contributed by atoms with Crippen LogP contribution in [0.1, 0.15) is 47.2 Å². The summed E-state index contributed by atoms with van der Waals surface area (Å²) in [7, 11) is 0. The fourth-order valence-corrected chi connectivity index (χ4v) is 5.08. The topological polar surface area (TPSA) is 56.1 Å². The van der Waals surface area contributed by atoms with Crippen molar-refractivity contribution in [2.45, 2.75) is 39.2 Å². The molecule has 0 spiro atoms. The molecule has 39 heavy (non-hydrogen) atoms. The summed E-state index contributed by atoms with van der Waals surface area (Å²) in [5.74, 6) is 0.765. The van der Waals surface area contributed by atoms with Crippen LogP contribution < -0.4 is 10.1 Å². The fraction of sp³-hybridized carbons (Fsp3) is 0.235. The van der Waals surface area contributed by atoms with Crippen LogP contribution in [0.2, 0.25) is 0 Å². The number of hydrogen-bond donors (Lipinski definition) is 1. The van der Waals surface area contributed by atoms with Crippen molar-refractivity contribution < 1.29 is 9.53 Å². The third-order valence-electron chi connectivity index (χ3n) is 7.08. The normalized spacial score (nSPS) is 11.8. The van der Waals surface area contributed by atoms with E-state index < -0.39 is 0 Å². The van der Waals surface area contributed by atoms with Crippen molar-refractivity contribution in [2.24, 2.45) is 0 Å². The number of benzene rings is 3. The van der Waals surface area contributed by atoms with Crippen LogP contribution in [0.5, 0.6) is 5.75 Å². The number of carbonyl (C=O) groups excluding carboxylic acids is 1. The van der Waals surface area contributed by atoms with E-state index in [4.69, 9.17) is 4.74 Å². The third-order valence-corrected chi connectivity index (χ3v) is 7.08. The SMILES string of the molecule is CCOc1ccc(C(CC(=O)NCCc2ccccn2)c2cn(Cc3ccc(C)cc3)c3ccccc23)cc1. The van der Waals surface area contributed by atoms with E-state index in [0.717, 1.165) is 29.1 Å². The van der Waals surface area contributed by atoms with Gasteiger partial charge in [-0.25, -0.2) is 0 Å². The number of amides is 1. The van der Waals surface area contributed by atoms with Gasteiger partial charge in [0, 0.05) is 60.8 Å². The maximum absolute atomic E-state index is 13.3. The van der Waals surface area contributed by atoms with Gasteiger partial charge in [-0.15, -0.1) is 0 Å². The lowest BCUT2D eigenvalue weighted by Gasteiger charge is -2.18. The lowest BCUT2D eigenvalue weighted by atomic mass is 9.88. The lowest BCUT2D eigenvalue weighted by molar-refractivity contribution is -0.121. The average Bonchev–Trinajstić information content (AvgIpc) is 3.32. The van der Waals surface area contributed by atoms with Crippen molar-refractivity contribution >= 4 is 16.8 Å². The summed E-state index contributed by atoms with van der Waals surface area (Å²) in [4.78, 5) is 17.6. The molecule has 2 heterocycles. The first-order chi connectivity index (χ1) is 19.1. The van der Waals surface area contributed by atoms with E-state index in [0.29, 0.717) is 26.0 Å². The summed E-state index contributed by atoms with van der Waals surface area (Å²) >= 11 is 0. The standard InChI is InChI=1S/C34H35N3O2/c1-3-39-29-17-15-27(16-18-29)31(22-34(38)36-21-19-28-8-6-7-20-35-28)32-24-37(33-10-5-4-9-30(32)33)23-26-13-11-25(2)12-14-26/h4-18,20,24,31H,3,19,21-23H2,1-2H3,(H,36,38). The van der Waals surface area contributed by atoms with E-state index in [9.17, 15) is 4.79 Å². The van der Waals surface area contributed by atoms with Gasteiger partial charge in [0.15, 0.2) is 0 Å². The zero-order valence-corrected chi connectivity index (χ0v) is 22.6. The number of rotatable bonds is 11. The molecule has 5 heteroatoms. The fourth-order valence-electron chi connectivity index (χ4n) is 5.08. The number of nitrogens with one attached hydrogen (secondary N) is 1. The number of carbonyl (C=O) groups is 1. The summed E-state index contributed by atoms with van der Waals surface area (Å²) < 4.78 is 7.98. The Hall–Kier alpha value is -4.38. The molecule has 1 atom stereocenters. The number of hydrogen-bond acceptors (Lipinski definition) is 3. The van der Waals surface area contributed by atoms with Gasteiger partial charge < -0.3 is 14.6 Å². The van der Waals surface area contributed by atoms with Gasteiger partial charge in [-0.05, 0) is 60.9 Å². The number of ether oxygens (including phenoxy) is 1. The lowest BCUT2D eigenvalue weighted by Crippen LogP contribution is -2.27. The van der Waals surface area contributed by atoms with Crippen LogP contribution in [0.15, 0.2) is 103 Å². The zero-order chi connectivity index (χ0) is 27.0. The second kappa shape index (κ2) is 12.4. The second-order valence-corrected chi connectivity index (χ2v) is 9.89. The number of fused-ring (bicyclic) bond motifs is 1. The molecule has 1 N–H and O–H groups in total. The molecule has 0 saturated heterocycles. The predicted octanol–water partition coefficient (Wildman–Crippen LogP) is 6.67. The maximum Gasteiger partial charge on any atom is 0.220 e. The van der Waals surface area contributed by atoms with Crippen molar-refractivity contribution in [1.29, 1.82) is 0 Å². The molecule has 0 fully saturated rings. The Kier molecular flexibility index (Phi) is 8.37. The van der Waals surface area contributed by atoms with Gasteiger partial charge in [-0.1, -0.05) is 66.2 Å². The summed E-state index contributed by atoms with van der Waals surface area (Å²) in [6, 6.07) is 31.2. The predicted molar refractivity (Wildman–Crippen MR) is 157 cm³/mol. The first kappa shape index (κ1) is 26.2. The van der Waals surface area contributed by atoms with E-state index in [1.807, 2.05) is 37.3 Å². The first-order valence-electron chi connectivity index (χ1n) is 13.6. The third kappa shape index (κ3) is 6.55. The highest BCUT2D eigenvalue weighted by Gasteiger charge is 2.23. The maximum atomic E-state index is 13.3. The quantitative estimate of drug-likeness (QED) is 0.213.